The lowest BCUT2D eigenvalue weighted by Gasteiger charge is -2.31. The number of nitrogens with one attached hydrogen (secondary N) is 2. The van der Waals surface area contributed by atoms with E-state index in [1.807, 2.05) is 42.5 Å². The Hall–Kier alpha value is -2.94. The summed E-state index contributed by atoms with van der Waals surface area (Å²) < 4.78 is 10.8. The third-order valence-electron chi connectivity index (χ3n) is 6.10. The number of hydrogen-bond acceptors (Lipinski definition) is 5. The molecule has 0 aliphatic carbocycles. The molecule has 2 heterocycles. The van der Waals surface area contributed by atoms with Crippen LogP contribution in [-0.2, 0) is 17.7 Å². The highest BCUT2D eigenvalue weighted by molar-refractivity contribution is 7.80. The maximum Gasteiger partial charge on any atom is 0.253 e. The Bertz CT molecular complexity index is 1150. The molecule has 3 aromatic rings. The molecule has 0 bridgehead atoms. The van der Waals surface area contributed by atoms with Crippen molar-refractivity contribution in [2.24, 2.45) is 0 Å². The Morgan fingerprint density at radius 1 is 1.18 bits per heavy atom. The second kappa shape index (κ2) is 12.0. The first kappa shape index (κ1) is 24.2. The molecule has 0 saturated carbocycles. The van der Waals surface area contributed by atoms with Gasteiger partial charge in [0.25, 0.3) is 5.56 Å². The molecule has 0 atom stereocenters. The SMILES string of the molecule is COc1ccc2[nH]c(=O)c(CN(CCN3CCOCC3)C(=S)NCCc3ccccc3)cc2c1. The van der Waals surface area contributed by atoms with E-state index < -0.39 is 0 Å². The van der Waals surface area contributed by atoms with Crippen molar-refractivity contribution in [1.82, 2.24) is 20.1 Å². The summed E-state index contributed by atoms with van der Waals surface area (Å²) in [6.45, 7) is 6.11. The third-order valence-corrected chi connectivity index (χ3v) is 6.50. The summed E-state index contributed by atoms with van der Waals surface area (Å²) in [5.74, 6) is 0.757. The van der Waals surface area contributed by atoms with Crippen LogP contribution in [0.3, 0.4) is 0 Å². The minimum Gasteiger partial charge on any atom is -0.497 e. The number of thiocarbonyl (C=S) groups is 1. The van der Waals surface area contributed by atoms with Crippen LogP contribution in [0.2, 0.25) is 0 Å². The van der Waals surface area contributed by atoms with Crippen molar-refractivity contribution in [2.45, 2.75) is 13.0 Å². The highest BCUT2D eigenvalue weighted by Crippen LogP contribution is 2.19. The monoisotopic (exact) mass is 480 g/mol. The summed E-state index contributed by atoms with van der Waals surface area (Å²) in [6, 6.07) is 17.9. The standard InChI is InChI=1S/C26H32N4O3S/c1-32-23-7-8-24-21(18-23)17-22(25(31)28-24)19-30(12-11-29-13-15-33-16-14-29)26(34)27-10-9-20-5-3-2-4-6-20/h2-8,17-18H,9-16,19H2,1H3,(H,27,34)(H,28,31). The first-order valence-corrected chi connectivity index (χ1v) is 12.1. The average molecular weight is 481 g/mol. The van der Waals surface area contributed by atoms with Gasteiger partial charge in [0.15, 0.2) is 5.11 Å². The second-order valence-corrected chi connectivity index (χ2v) is 8.81. The van der Waals surface area contributed by atoms with Gasteiger partial charge in [-0.3, -0.25) is 9.69 Å². The van der Waals surface area contributed by atoms with E-state index in [0.717, 1.165) is 69.0 Å². The Kier molecular flexibility index (Phi) is 8.51. The number of morpholine rings is 1. The van der Waals surface area contributed by atoms with Crippen molar-refractivity contribution in [3.05, 3.63) is 76.1 Å². The van der Waals surface area contributed by atoms with Crippen LogP contribution in [0.4, 0.5) is 0 Å². The minimum atomic E-state index is -0.0962. The maximum atomic E-state index is 12.8. The highest BCUT2D eigenvalue weighted by atomic mass is 32.1. The van der Waals surface area contributed by atoms with Crippen LogP contribution in [0.1, 0.15) is 11.1 Å². The number of pyridine rings is 1. The van der Waals surface area contributed by atoms with Crippen molar-refractivity contribution in [3.63, 3.8) is 0 Å². The molecule has 1 saturated heterocycles. The number of ether oxygens (including phenoxy) is 2. The van der Waals surface area contributed by atoms with E-state index in [2.05, 4.69) is 32.2 Å². The van der Waals surface area contributed by atoms with Gasteiger partial charge >= 0.3 is 0 Å². The quantitative estimate of drug-likeness (QED) is 0.457. The first-order chi connectivity index (χ1) is 16.6. The van der Waals surface area contributed by atoms with Crippen LogP contribution in [0, 0.1) is 0 Å². The molecule has 2 N–H and O–H groups in total. The smallest absolute Gasteiger partial charge is 0.253 e. The Morgan fingerprint density at radius 2 is 1.97 bits per heavy atom. The van der Waals surface area contributed by atoms with Crippen molar-refractivity contribution < 1.29 is 9.47 Å². The molecule has 0 unspecified atom stereocenters. The van der Waals surface area contributed by atoms with Crippen LogP contribution < -0.4 is 15.6 Å². The summed E-state index contributed by atoms with van der Waals surface area (Å²) >= 11 is 5.77. The molecule has 0 radical (unpaired) electrons. The Labute approximate surface area is 205 Å². The van der Waals surface area contributed by atoms with E-state index >= 15 is 0 Å². The molecule has 1 fully saturated rings. The molecule has 34 heavy (non-hydrogen) atoms. The molecular formula is C26H32N4O3S. The summed E-state index contributed by atoms with van der Waals surface area (Å²) in [6.07, 6.45) is 0.884. The fraction of sp³-hybridized carbons (Fsp3) is 0.385. The number of benzene rings is 2. The number of nitrogens with zero attached hydrogens (tertiary/aromatic N) is 2. The Morgan fingerprint density at radius 3 is 2.74 bits per heavy atom. The van der Waals surface area contributed by atoms with E-state index in [0.29, 0.717) is 17.2 Å². The molecule has 4 rings (SSSR count). The average Bonchev–Trinajstić information content (AvgIpc) is 2.87. The Balaban J connectivity index is 1.47. The fourth-order valence-electron chi connectivity index (χ4n) is 4.09. The normalized spacial score (nSPS) is 14.1. The number of rotatable bonds is 9. The van der Waals surface area contributed by atoms with Gasteiger partial charge in [-0.25, -0.2) is 0 Å². The largest absolute Gasteiger partial charge is 0.497 e. The van der Waals surface area contributed by atoms with Crippen molar-refractivity contribution in [2.75, 3.05) is 53.0 Å². The summed E-state index contributed by atoms with van der Waals surface area (Å²) in [7, 11) is 1.64. The van der Waals surface area contributed by atoms with E-state index in [-0.39, 0.29) is 5.56 Å². The zero-order valence-electron chi connectivity index (χ0n) is 19.6. The van der Waals surface area contributed by atoms with Gasteiger partial charge in [0.2, 0.25) is 0 Å². The van der Waals surface area contributed by atoms with E-state index in [4.69, 9.17) is 21.7 Å². The van der Waals surface area contributed by atoms with E-state index in [1.54, 1.807) is 7.11 Å². The number of hydrogen-bond donors (Lipinski definition) is 2. The lowest BCUT2D eigenvalue weighted by molar-refractivity contribution is 0.0357. The van der Waals surface area contributed by atoms with Crippen LogP contribution in [-0.4, -0.2) is 72.9 Å². The number of methoxy groups -OCH3 is 1. The van der Waals surface area contributed by atoms with Gasteiger partial charge in [0.1, 0.15) is 5.75 Å². The minimum absolute atomic E-state index is 0.0962. The summed E-state index contributed by atoms with van der Waals surface area (Å²) in [5.41, 5.74) is 2.63. The predicted octanol–water partition coefficient (Wildman–Crippen LogP) is 2.79. The third kappa shape index (κ3) is 6.56. The van der Waals surface area contributed by atoms with Gasteiger partial charge in [-0.1, -0.05) is 30.3 Å². The van der Waals surface area contributed by atoms with Gasteiger partial charge in [-0.05, 0) is 48.5 Å². The van der Waals surface area contributed by atoms with Crippen molar-refractivity contribution in [3.8, 4) is 5.75 Å². The molecule has 0 spiro atoms. The van der Waals surface area contributed by atoms with E-state index in [1.165, 1.54) is 5.56 Å². The summed E-state index contributed by atoms with van der Waals surface area (Å²) in [5, 5.41) is 4.99. The first-order valence-electron chi connectivity index (χ1n) is 11.7. The van der Waals surface area contributed by atoms with Crippen molar-refractivity contribution in [1.29, 1.82) is 0 Å². The molecule has 2 aromatic carbocycles. The number of fused-ring (bicyclic) bond motifs is 1. The van der Waals surface area contributed by atoms with Crippen LogP contribution in [0.25, 0.3) is 10.9 Å². The molecule has 8 heteroatoms. The zero-order valence-corrected chi connectivity index (χ0v) is 20.4. The lowest BCUT2D eigenvalue weighted by atomic mass is 10.1. The zero-order chi connectivity index (χ0) is 23.8. The molecular weight excluding hydrogens is 448 g/mol. The van der Waals surface area contributed by atoms with Crippen LogP contribution in [0.15, 0.2) is 59.4 Å². The summed E-state index contributed by atoms with van der Waals surface area (Å²) in [4.78, 5) is 20.3. The van der Waals surface area contributed by atoms with Gasteiger partial charge in [0.05, 0.1) is 26.9 Å². The molecule has 7 nitrogen and oxygen atoms in total. The van der Waals surface area contributed by atoms with Crippen LogP contribution in [0.5, 0.6) is 5.75 Å². The lowest BCUT2D eigenvalue weighted by Crippen LogP contribution is -2.46. The van der Waals surface area contributed by atoms with Gasteiger partial charge < -0.3 is 24.7 Å². The maximum absolute atomic E-state index is 12.8. The highest BCUT2D eigenvalue weighted by Gasteiger charge is 2.17. The fourth-order valence-corrected chi connectivity index (χ4v) is 4.35. The molecule has 1 aliphatic heterocycles. The van der Waals surface area contributed by atoms with Crippen LogP contribution >= 0.6 is 12.2 Å². The van der Waals surface area contributed by atoms with Gasteiger partial charge in [-0.15, -0.1) is 0 Å². The molecule has 1 aliphatic rings. The van der Waals surface area contributed by atoms with Gasteiger partial charge in [-0.2, -0.15) is 0 Å². The molecule has 0 amide bonds. The second-order valence-electron chi connectivity index (χ2n) is 8.42. The topological polar surface area (TPSA) is 69.8 Å². The predicted molar refractivity (Wildman–Crippen MR) is 140 cm³/mol. The molecule has 180 valence electrons. The van der Waals surface area contributed by atoms with E-state index in [9.17, 15) is 4.79 Å². The van der Waals surface area contributed by atoms with Crippen molar-refractivity contribution >= 4 is 28.2 Å². The van der Waals surface area contributed by atoms with Gasteiger partial charge in [0, 0.05) is 49.2 Å². The number of aromatic amines is 1. The number of aromatic nitrogens is 1. The number of H-pyrrole nitrogens is 1. The molecule has 1 aromatic heterocycles.